The van der Waals surface area contributed by atoms with Crippen molar-refractivity contribution in [1.29, 1.82) is 0 Å². The highest BCUT2D eigenvalue weighted by Crippen LogP contribution is 2.30. The largest absolute Gasteiger partial charge is 0.481 e. The van der Waals surface area contributed by atoms with Crippen LogP contribution < -0.4 is 5.32 Å². The van der Waals surface area contributed by atoms with E-state index in [9.17, 15) is 4.79 Å². The van der Waals surface area contributed by atoms with E-state index in [1.807, 2.05) is 30.3 Å². The van der Waals surface area contributed by atoms with Crippen molar-refractivity contribution in [1.82, 2.24) is 5.32 Å². The van der Waals surface area contributed by atoms with E-state index in [0.717, 1.165) is 18.5 Å². The van der Waals surface area contributed by atoms with Crippen molar-refractivity contribution in [2.24, 2.45) is 5.92 Å². The van der Waals surface area contributed by atoms with E-state index in [-0.39, 0.29) is 11.8 Å². The molecule has 2 rings (SSSR count). The Morgan fingerprint density at radius 1 is 1.33 bits per heavy atom. The molecular formula is C12H15NO2. The van der Waals surface area contributed by atoms with E-state index in [0.29, 0.717) is 6.54 Å². The van der Waals surface area contributed by atoms with E-state index >= 15 is 0 Å². The summed E-state index contributed by atoms with van der Waals surface area (Å²) in [5.74, 6) is -0.831. The van der Waals surface area contributed by atoms with Crippen molar-refractivity contribution in [3.05, 3.63) is 35.9 Å². The number of carboxylic acid groups (broad SMARTS) is 1. The van der Waals surface area contributed by atoms with Gasteiger partial charge in [-0.3, -0.25) is 4.79 Å². The maximum absolute atomic E-state index is 11.1. The maximum atomic E-state index is 11.1. The summed E-state index contributed by atoms with van der Waals surface area (Å²) in [6.07, 6.45) is 0.904. The van der Waals surface area contributed by atoms with Crippen molar-refractivity contribution in [2.75, 3.05) is 13.1 Å². The Morgan fingerprint density at radius 2 is 2.07 bits per heavy atom. The van der Waals surface area contributed by atoms with Crippen molar-refractivity contribution < 1.29 is 9.90 Å². The molecule has 1 fully saturated rings. The average Bonchev–Trinajstić information content (AvgIpc) is 2.30. The third-order valence-corrected chi connectivity index (χ3v) is 3.03. The zero-order valence-electron chi connectivity index (χ0n) is 8.52. The van der Waals surface area contributed by atoms with Crippen LogP contribution in [0, 0.1) is 5.92 Å². The zero-order chi connectivity index (χ0) is 10.7. The van der Waals surface area contributed by atoms with Gasteiger partial charge < -0.3 is 10.4 Å². The lowest BCUT2D eigenvalue weighted by molar-refractivity contribution is -0.142. The summed E-state index contributed by atoms with van der Waals surface area (Å²) in [5, 5.41) is 12.3. The molecule has 0 radical (unpaired) electrons. The first-order valence-electron chi connectivity index (χ1n) is 5.27. The highest BCUT2D eigenvalue weighted by atomic mass is 16.4. The molecule has 0 spiro atoms. The summed E-state index contributed by atoms with van der Waals surface area (Å²) in [6.45, 7) is 1.48. The van der Waals surface area contributed by atoms with Crippen LogP contribution >= 0.6 is 0 Å². The standard InChI is InChI=1S/C12H15NO2/c14-12(15)11-8-13-7-6-10(11)9-4-2-1-3-5-9/h1-5,10-11,13H,6-8H2,(H,14,15). The normalized spacial score (nSPS) is 26.1. The van der Waals surface area contributed by atoms with Crippen LogP contribution in [-0.2, 0) is 4.79 Å². The minimum absolute atomic E-state index is 0.157. The summed E-state index contributed by atoms with van der Waals surface area (Å²) in [5.41, 5.74) is 1.14. The van der Waals surface area contributed by atoms with Gasteiger partial charge in [-0.15, -0.1) is 0 Å². The predicted octanol–water partition coefficient (Wildman–Crippen LogP) is 1.46. The lowest BCUT2D eigenvalue weighted by atomic mass is 9.81. The molecule has 1 heterocycles. The van der Waals surface area contributed by atoms with Crippen LogP contribution in [0.3, 0.4) is 0 Å². The molecule has 0 amide bonds. The van der Waals surface area contributed by atoms with Crippen LogP contribution in [0.1, 0.15) is 17.9 Å². The van der Waals surface area contributed by atoms with Crippen molar-refractivity contribution in [3.63, 3.8) is 0 Å². The fourth-order valence-electron chi connectivity index (χ4n) is 2.22. The number of rotatable bonds is 2. The number of carbonyl (C=O) groups is 1. The molecule has 1 aliphatic rings. The number of benzene rings is 1. The highest BCUT2D eigenvalue weighted by Gasteiger charge is 2.31. The summed E-state index contributed by atoms with van der Waals surface area (Å²) in [6, 6.07) is 9.94. The maximum Gasteiger partial charge on any atom is 0.308 e. The molecule has 3 heteroatoms. The second-order valence-electron chi connectivity index (χ2n) is 3.95. The second kappa shape index (κ2) is 4.45. The molecular weight excluding hydrogens is 190 g/mol. The minimum Gasteiger partial charge on any atom is -0.481 e. The first-order chi connectivity index (χ1) is 7.29. The number of hydrogen-bond donors (Lipinski definition) is 2. The van der Waals surface area contributed by atoms with Gasteiger partial charge in [-0.1, -0.05) is 30.3 Å². The first-order valence-corrected chi connectivity index (χ1v) is 5.27. The number of aliphatic carboxylic acids is 1. The summed E-state index contributed by atoms with van der Waals surface area (Å²) < 4.78 is 0. The van der Waals surface area contributed by atoms with Crippen LogP contribution in [0.25, 0.3) is 0 Å². The Labute approximate surface area is 89.1 Å². The van der Waals surface area contributed by atoms with Crippen molar-refractivity contribution in [3.8, 4) is 0 Å². The minimum atomic E-state index is -0.698. The van der Waals surface area contributed by atoms with E-state index < -0.39 is 5.97 Å². The molecule has 1 aromatic carbocycles. The Bertz CT molecular complexity index is 337. The van der Waals surface area contributed by atoms with Gasteiger partial charge in [0.2, 0.25) is 0 Å². The molecule has 1 aromatic rings. The SMILES string of the molecule is O=C(O)C1CNCCC1c1ccccc1. The third-order valence-electron chi connectivity index (χ3n) is 3.03. The fourth-order valence-corrected chi connectivity index (χ4v) is 2.22. The fraction of sp³-hybridized carbons (Fsp3) is 0.417. The smallest absolute Gasteiger partial charge is 0.308 e. The molecule has 1 saturated heterocycles. The number of piperidine rings is 1. The summed E-state index contributed by atoms with van der Waals surface area (Å²) in [7, 11) is 0. The van der Waals surface area contributed by atoms with Crippen LogP contribution in [0.2, 0.25) is 0 Å². The van der Waals surface area contributed by atoms with Gasteiger partial charge in [-0.25, -0.2) is 0 Å². The van der Waals surface area contributed by atoms with Crippen LogP contribution in [0.4, 0.5) is 0 Å². The molecule has 1 aliphatic heterocycles. The summed E-state index contributed by atoms with van der Waals surface area (Å²) in [4.78, 5) is 11.1. The topological polar surface area (TPSA) is 49.3 Å². The van der Waals surface area contributed by atoms with Gasteiger partial charge in [0.25, 0.3) is 0 Å². The molecule has 2 atom stereocenters. The number of nitrogens with one attached hydrogen (secondary N) is 1. The van der Waals surface area contributed by atoms with Crippen LogP contribution in [0.5, 0.6) is 0 Å². The van der Waals surface area contributed by atoms with Gasteiger partial charge >= 0.3 is 5.97 Å². The molecule has 0 aliphatic carbocycles. The zero-order valence-corrected chi connectivity index (χ0v) is 8.52. The Hall–Kier alpha value is -1.35. The molecule has 15 heavy (non-hydrogen) atoms. The highest BCUT2D eigenvalue weighted by molar-refractivity contribution is 5.72. The lowest BCUT2D eigenvalue weighted by Crippen LogP contribution is -2.39. The van der Waals surface area contributed by atoms with Crippen molar-refractivity contribution in [2.45, 2.75) is 12.3 Å². The second-order valence-corrected chi connectivity index (χ2v) is 3.95. The predicted molar refractivity (Wildman–Crippen MR) is 57.8 cm³/mol. The average molecular weight is 205 g/mol. The van der Waals surface area contributed by atoms with Gasteiger partial charge in [-0.05, 0) is 24.4 Å². The van der Waals surface area contributed by atoms with Crippen molar-refractivity contribution >= 4 is 5.97 Å². The molecule has 2 unspecified atom stereocenters. The lowest BCUT2D eigenvalue weighted by Gasteiger charge is -2.29. The van der Waals surface area contributed by atoms with Gasteiger partial charge in [0.05, 0.1) is 5.92 Å². The van der Waals surface area contributed by atoms with E-state index in [2.05, 4.69) is 5.32 Å². The van der Waals surface area contributed by atoms with E-state index in [4.69, 9.17) is 5.11 Å². The molecule has 80 valence electrons. The van der Waals surface area contributed by atoms with E-state index in [1.165, 1.54) is 0 Å². The number of carboxylic acids is 1. The Balaban J connectivity index is 2.22. The molecule has 2 N–H and O–H groups in total. The van der Waals surface area contributed by atoms with Gasteiger partial charge in [0, 0.05) is 6.54 Å². The van der Waals surface area contributed by atoms with Gasteiger partial charge in [0.15, 0.2) is 0 Å². The molecule has 0 bridgehead atoms. The first kappa shape index (κ1) is 10.2. The van der Waals surface area contributed by atoms with Crippen LogP contribution in [0.15, 0.2) is 30.3 Å². The molecule has 0 saturated carbocycles. The Morgan fingerprint density at radius 3 is 2.73 bits per heavy atom. The third kappa shape index (κ3) is 2.18. The molecule has 0 aromatic heterocycles. The van der Waals surface area contributed by atoms with Gasteiger partial charge in [-0.2, -0.15) is 0 Å². The Kier molecular flexibility index (Phi) is 3.02. The van der Waals surface area contributed by atoms with Gasteiger partial charge in [0.1, 0.15) is 0 Å². The number of hydrogen-bond acceptors (Lipinski definition) is 2. The van der Waals surface area contributed by atoms with E-state index in [1.54, 1.807) is 0 Å². The monoisotopic (exact) mass is 205 g/mol. The quantitative estimate of drug-likeness (QED) is 0.768. The molecule has 3 nitrogen and oxygen atoms in total. The van der Waals surface area contributed by atoms with Crippen LogP contribution in [-0.4, -0.2) is 24.2 Å². The summed E-state index contributed by atoms with van der Waals surface area (Å²) >= 11 is 0.